The van der Waals surface area contributed by atoms with Crippen molar-refractivity contribution in [2.45, 2.75) is 6.54 Å². The first-order valence-electron chi connectivity index (χ1n) is 7.19. The van der Waals surface area contributed by atoms with Gasteiger partial charge in [-0.05, 0) is 42.0 Å². The first-order valence-corrected chi connectivity index (χ1v) is 7.57. The van der Waals surface area contributed by atoms with Crippen LogP contribution in [0, 0.1) is 0 Å². The van der Waals surface area contributed by atoms with Crippen molar-refractivity contribution in [1.29, 1.82) is 0 Å². The molecular formula is C17H18ClN3O3. The third kappa shape index (κ3) is 5.48. The Kier molecular flexibility index (Phi) is 6.45. The van der Waals surface area contributed by atoms with Crippen LogP contribution in [-0.2, 0) is 16.2 Å². The summed E-state index contributed by atoms with van der Waals surface area (Å²) in [5, 5.41) is 7.06. The molecule has 24 heavy (non-hydrogen) atoms. The Labute approximate surface area is 145 Å². The minimum atomic E-state index is -0.304. The maximum atomic E-state index is 11.7. The molecule has 0 bridgehead atoms. The number of hydrogen-bond donors (Lipinski definition) is 2. The number of benzene rings is 2. The van der Waals surface area contributed by atoms with E-state index in [0.717, 1.165) is 5.56 Å². The fourth-order valence-corrected chi connectivity index (χ4v) is 2.09. The van der Waals surface area contributed by atoms with Gasteiger partial charge in [-0.3, -0.25) is 4.79 Å². The van der Waals surface area contributed by atoms with Gasteiger partial charge in [0, 0.05) is 17.1 Å². The zero-order valence-electron chi connectivity index (χ0n) is 13.2. The van der Waals surface area contributed by atoms with Crippen molar-refractivity contribution in [2.24, 2.45) is 10.9 Å². The van der Waals surface area contributed by atoms with E-state index >= 15 is 0 Å². The van der Waals surface area contributed by atoms with Crippen molar-refractivity contribution >= 4 is 23.3 Å². The molecule has 7 heteroatoms. The molecule has 0 heterocycles. The van der Waals surface area contributed by atoms with Crippen molar-refractivity contribution in [3.05, 3.63) is 64.7 Å². The molecule has 0 aromatic heterocycles. The summed E-state index contributed by atoms with van der Waals surface area (Å²) in [4.78, 5) is 16.7. The Balaban J connectivity index is 1.78. The smallest absolute Gasteiger partial charge is 0.261 e. The fraction of sp³-hybridized carbons (Fsp3) is 0.176. The number of halogens is 1. The van der Waals surface area contributed by atoms with E-state index in [1.165, 1.54) is 0 Å². The molecule has 0 fully saturated rings. The van der Waals surface area contributed by atoms with Gasteiger partial charge in [-0.15, -0.1) is 0 Å². The molecule has 2 aromatic carbocycles. The van der Waals surface area contributed by atoms with Gasteiger partial charge in [-0.25, -0.2) is 0 Å². The summed E-state index contributed by atoms with van der Waals surface area (Å²) in [6.45, 7) is 0.137. The number of ether oxygens (including phenoxy) is 1. The monoisotopic (exact) mass is 347 g/mol. The Morgan fingerprint density at radius 2 is 2.00 bits per heavy atom. The number of carbonyl (C=O) groups excluding carboxylic acids is 1. The lowest BCUT2D eigenvalue weighted by molar-refractivity contribution is -0.125. The lowest BCUT2D eigenvalue weighted by Gasteiger charge is -2.06. The molecule has 0 aliphatic heterocycles. The minimum absolute atomic E-state index is 0.181. The molecule has 0 saturated carbocycles. The lowest BCUT2D eigenvalue weighted by Crippen LogP contribution is -2.27. The highest BCUT2D eigenvalue weighted by Gasteiger charge is 2.04. The molecule has 126 valence electrons. The second-order valence-electron chi connectivity index (χ2n) is 4.89. The van der Waals surface area contributed by atoms with Gasteiger partial charge in [0.1, 0.15) is 5.75 Å². The SMILES string of the molecule is COc1ccc(/C(N)=N/OCC(=O)NCc2cccc(Cl)c2)cc1. The third-order valence-corrected chi connectivity index (χ3v) is 3.36. The molecule has 6 nitrogen and oxygen atoms in total. The second kappa shape index (κ2) is 8.79. The number of methoxy groups -OCH3 is 1. The van der Waals surface area contributed by atoms with E-state index in [1.807, 2.05) is 12.1 Å². The molecule has 0 saturated heterocycles. The van der Waals surface area contributed by atoms with Crippen LogP contribution in [0.5, 0.6) is 5.75 Å². The van der Waals surface area contributed by atoms with Gasteiger partial charge in [0.25, 0.3) is 5.91 Å². The van der Waals surface area contributed by atoms with Gasteiger partial charge < -0.3 is 20.6 Å². The molecule has 0 radical (unpaired) electrons. The second-order valence-corrected chi connectivity index (χ2v) is 5.32. The number of carbonyl (C=O) groups is 1. The quantitative estimate of drug-likeness (QED) is 0.457. The van der Waals surface area contributed by atoms with Crippen LogP contribution in [0.25, 0.3) is 0 Å². The number of amides is 1. The maximum Gasteiger partial charge on any atom is 0.261 e. The molecule has 1 amide bonds. The van der Waals surface area contributed by atoms with E-state index in [-0.39, 0.29) is 18.3 Å². The molecule has 0 unspecified atom stereocenters. The van der Waals surface area contributed by atoms with Crippen molar-refractivity contribution < 1.29 is 14.4 Å². The van der Waals surface area contributed by atoms with Gasteiger partial charge in [-0.2, -0.15) is 0 Å². The molecule has 0 atom stereocenters. The average Bonchev–Trinajstić information content (AvgIpc) is 2.60. The van der Waals surface area contributed by atoms with Crippen LogP contribution in [-0.4, -0.2) is 25.5 Å². The molecular weight excluding hydrogens is 330 g/mol. The van der Waals surface area contributed by atoms with Crippen LogP contribution in [0.2, 0.25) is 5.02 Å². The number of hydrogen-bond acceptors (Lipinski definition) is 4. The average molecular weight is 348 g/mol. The zero-order chi connectivity index (χ0) is 17.4. The minimum Gasteiger partial charge on any atom is -0.497 e. The zero-order valence-corrected chi connectivity index (χ0v) is 13.9. The van der Waals surface area contributed by atoms with Crippen LogP contribution >= 0.6 is 11.6 Å². The number of nitrogens with zero attached hydrogens (tertiary/aromatic N) is 1. The summed E-state index contributed by atoms with van der Waals surface area (Å²) in [7, 11) is 1.58. The van der Waals surface area contributed by atoms with Crippen LogP contribution in [0.3, 0.4) is 0 Å². The summed E-state index contributed by atoms with van der Waals surface area (Å²) in [6.07, 6.45) is 0. The van der Waals surface area contributed by atoms with Crippen molar-refractivity contribution in [3.63, 3.8) is 0 Å². The maximum absolute atomic E-state index is 11.7. The van der Waals surface area contributed by atoms with Crippen LogP contribution in [0.1, 0.15) is 11.1 Å². The molecule has 2 rings (SSSR count). The predicted octanol–water partition coefficient (Wildman–Crippen LogP) is 2.30. The van der Waals surface area contributed by atoms with E-state index in [1.54, 1.807) is 43.5 Å². The Bertz CT molecular complexity index is 717. The van der Waals surface area contributed by atoms with Gasteiger partial charge >= 0.3 is 0 Å². The molecule has 0 aliphatic carbocycles. The van der Waals surface area contributed by atoms with Crippen LogP contribution in [0.15, 0.2) is 53.7 Å². The standard InChI is InChI=1S/C17H18ClN3O3/c1-23-15-7-5-13(6-8-15)17(19)21-24-11-16(22)20-10-12-3-2-4-14(18)9-12/h2-9H,10-11H2,1H3,(H2,19,21)(H,20,22). The fourth-order valence-electron chi connectivity index (χ4n) is 1.87. The van der Waals surface area contributed by atoms with Crippen LogP contribution < -0.4 is 15.8 Å². The summed E-state index contributed by atoms with van der Waals surface area (Å²) in [5.41, 5.74) is 7.37. The van der Waals surface area contributed by atoms with E-state index < -0.39 is 0 Å². The summed E-state index contributed by atoms with van der Waals surface area (Å²) in [6, 6.07) is 14.3. The predicted molar refractivity (Wildman–Crippen MR) is 93.0 cm³/mol. The van der Waals surface area contributed by atoms with Crippen molar-refractivity contribution in [3.8, 4) is 5.75 Å². The number of amidine groups is 1. The van der Waals surface area contributed by atoms with Gasteiger partial charge in [0.2, 0.25) is 0 Å². The number of rotatable bonds is 7. The summed E-state index contributed by atoms with van der Waals surface area (Å²) >= 11 is 5.88. The van der Waals surface area contributed by atoms with Gasteiger partial charge in [-0.1, -0.05) is 28.9 Å². The first-order chi connectivity index (χ1) is 11.6. The van der Waals surface area contributed by atoms with E-state index in [2.05, 4.69) is 10.5 Å². The molecule has 3 N–H and O–H groups in total. The number of oxime groups is 1. The Hall–Kier alpha value is -2.73. The van der Waals surface area contributed by atoms with E-state index in [4.69, 9.17) is 26.9 Å². The normalized spacial score (nSPS) is 11.0. The van der Waals surface area contributed by atoms with Crippen molar-refractivity contribution in [1.82, 2.24) is 5.32 Å². The highest BCUT2D eigenvalue weighted by Crippen LogP contribution is 2.11. The Morgan fingerprint density at radius 1 is 1.25 bits per heavy atom. The highest BCUT2D eigenvalue weighted by molar-refractivity contribution is 6.30. The number of nitrogens with two attached hydrogens (primary N) is 1. The van der Waals surface area contributed by atoms with Crippen LogP contribution in [0.4, 0.5) is 0 Å². The third-order valence-electron chi connectivity index (χ3n) is 3.12. The van der Waals surface area contributed by atoms with Gasteiger partial charge in [0.15, 0.2) is 12.4 Å². The Morgan fingerprint density at radius 3 is 2.67 bits per heavy atom. The lowest BCUT2D eigenvalue weighted by atomic mass is 10.2. The first kappa shape index (κ1) is 17.6. The van der Waals surface area contributed by atoms with E-state index in [0.29, 0.717) is 22.9 Å². The van der Waals surface area contributed by atoms with Gasteiger partial charge in [0.05, 0.1) is 7.11 Å². The molecule has 0 aliphatic rings. The largest absolute Gasteiger partial charge is 0.497 e. The highest BCUT2D eigenvalue weighted by atomic mass is 35.5. The topological polar surface area (TPSA) is 85.9 Å². The molecule has 0 spiro atoms. The number of nitrogens with one attached hydrogen (secondary N) is 1. The van der Waals surface area contributed by atoms with E-state index in [9.17, 15) is 4.79 Å². The molecule has 2 aromatic rings. The summed E-state index contributed by atoms with van der Waals surface area (Å²) < 4.78 is 5.06. The summed E-state index contributed by atoms with van der Waals surface area (Å²) in [5.74, 6) is 0.592. The van der Waals surface area contributed by atoms with Crippen molar-refractivity contribution in [2.75, 3.05) is 13.7 Å².